The third-order valence-electron chi connectivity index (χ3n) is 5.06. The van der Waals surface area contributed by atoms with E-state index in [1.54, 1.807) is 23.1 Å². The maximum atomic E-state index is 12.8. The van der Waals surface area contributed by atoms with Crippen LogP contribution in [0.5, 0.6) is 0 Å². The minimum atomic E-state index is 0.110. The number of carbonyl (C=O) groups excluding carboxylic acids is 1. The number of para-hydroxylation sites is 1. The number of hydrogen-bond donors (Lipinski definition) is 0. The molecule has 0 radical (unpaired) electrons. The van der Waals surface area contributed by atoms with Crippen LogP contribution < -0.4 is 9.80 Å². The fourth-order valence-electron chi connectivity index (χ4n) is 3.40. The van der Waals surface area contributed by atoms with E-state index in [9.17, 15) is 4.79 Å². The van der Waals surface area contributed by atoms with Gasteiger partial charge in [-0.05, 0) is 42.7 Å². The fourth-order valence-corrected chi connectivity index (χ4v) is 5.07. The highest BCUT2D eigenvalue weighted by Gasteiger charge is 2.24. The largest absolute Gasteiger partial charge is 0.378 e. The Bertz CT molecular complexity index is 976. The summed E-state index contributed by atoms with van der Waals surface area (Å²) in [5.74, 6) is 0.110. The summed E-state index contributed by atoms with van der Waals surface area (Å²) in [6.07, 6.45) is 2.09. The van der Waals surface area contributed by atoms with Crippen molar-refractivity contribution >= 4 is 50.0 Å². The molecule has 1 aliphatic heterocycles. The van der Waals surface area contributed by atoms with Crippen LogP contribution in [-0.2, 0) is 0 Å². The van der Waals surface area contributed by atoms with Crippen LogP contribution in [0.3, 0.4) is 0 Å². The molecule has 0 aliphatic carbocycles. The number of thioether (sulfide) groups is 1. The zero-order chi connectivity index (χ0) is 19.7. The van der Waals surface area contributed by atoms with Gasteiger partial charge in [-0.25, -0.2) is 4.98 Å². The Morgan fingerprint density at radius 3 is 2.43 bits per heavy atom. The van der Waals surface area contributed by atoms with Crippen LogP contribution in [0.2, 0.25) is 0 Å². The number of hydrogen-bond acceptors (Lipinski definition) is 6. The fraction of sp³-hybridized carbons (Fsp3) is 0.333. The molecule has 0 saturated carbocycles. The number of nitrogens with zero attached hydrogens (tertiary/aromatic N) is 4. The first-order valence-electron chi connectivity index (χ1n) is 9.32. The van der Waals surface area contributed by atoms with Gasteiger partial charge in [0.1, 0.15) is 0 Å². The van der Waals surface area contributed by atoms with E-state index in [4.69, 9.17) is 4.98 Å². The standard InChI is InChI=1S/C21H24N4OS2/c1-23(2)16-9-7-15(8-10-16)20(26)24-11-13-25(14-12-24)21-22-19-17(27-3)5-4-6-18(19)28-21/h4-10H,11-14H2,1-3H3. The lowest BCUT2D eigenvalue weighted by molar-refractivity contribution is 0.0747. The summed E-state index contributed by atoms with van der Waals surface area (Å²) in [6, 6.07) is 14.2. The second-order valence-electron chi connectivity index (χ2n) is 7.02. The number of rotatable bonds is 4. The summed E-state index contributed by atoms with van der Waals surface area (Å²) in [6.45, 7) is 3.07. The average Bonchev–Trinajstić information content (AvgIpc) is 3.18. The van der Waals surface area contributed by atoms with Gasteiger partial charge in [-0.3, -0.25) is 4.79 Å². The molecule has 2 aromatic carbocycles. The van der Waals surface area contributed by atoms with Crippen LogP contribution in [0, 0.1) is 0 Å². The average molecular weight is 413 g/mol. The molecule has 1 fully saturated rings. The highest BCUT2D eigenvalue weighted by Crippen LogP contribution is 2.34. The van der Waals surface area contributed by atoms with Gasteiger partial charge in [0.15, 0.2) is 5.13 Å². The van der Waals surface area contributed by atoms with E-state index in [0.29, 0.717) is 0 Å². The lowest BCUT2D eigenvalue weighted by Crippen LogP contribution is -2.48. The van der Waals surface area contributed by atoms with Crippen molar-refractivity contribution in [1.82, 2.24) is 9.88 Å². The van der Waals surface area contributed by atoms with Crippen molar-refractivity contribution in [3.63, 3.8) is 0 Å². The maximum absolute atomic E-state index is 12.8. The Hall–Kier alpha value is -2.25. The lowest BCUT2D eigenvalue weighted by atomic mass is 10.1. The molecule has 4 rings (SSSR count). The number of fused-ring (bicyclic) bond motifs is 1. The second kappa shape index (κ2) is 8.01. The molecule has 28 heavy (non-hydrogen) atoms. The van der Waals surface area contributed by atoms with Gasteiger partial charge in [-0.15, -0.1) is 11.8 Å². The smallest absolute Gasteiger partial charge is 0.253 e. The van der Waals surface area contributed by atoms with Crippen molar-refractivity contribution in [2.75, 3.05) is 56.3 Å². The molecule has 1 aliphatic rings. The molecule has 0 unspecified atom stereocenters. The summed E-state index contributed by atoms with van der Waals surface area (Å²) < 4.78 is 1.22. The van der Waals surface area contributed by atoms with E-state index in [0.717, 1.165) is 48.1 Å². The first-order valence-corrected chi connectivity index (χ1v) is 11.4. The third kappa shape index (κ3) is 3.69. The van der Waals surface area contributed by atoms with Gasteiger partial charge in [-0.2, -0.15) is 0 Å². The van der Waals surface area contributed by atoms with E-state index in [1.165, 1.54) is 9.60 Å². The molecule has 0 spiro atoms. The van der Waals surface area contributed by atoms with Crippen LogP contribution in [0.4, 0.5) is 10.8 Å². The van der Waals surface area contributed by atoms with Gasteiger partial charge in [-0.1, -0.05) is 17.4 Å². The number of anilines is 2. The Kier molecular flexibility index (Phi) is 5.46. The lowest BCUT2D eigenvalue weighted by Gasteiger charge is -2.34. The molecule has 0 N–H and O–H groups in total. The van der Waals surface area contributed by atoms with Crippen molar-refractivity contribution in [3.05, 3.63) is 48.0 Å². The van der Waals surface area contributed by atoms with Gasteiger partial charge < -0.3 is 14.7 Å². The van der Waals surface area contributed by atoms with E-state index in [2.05, 4.69) is 29.4 Å². The summed E-state index contributed by atoms with van der Waals surface area (Å²) in [4.78, 5) is 25.2. The molecule has 1 amide bonds. The summed E-state index contributed by atoms with van der Waals surface area (Å²) in [5, 5.41) is 1.05. The molecule has 3 aromatic rings. The van der Waals surface area contributed by atoms with Gasteiger partial charge in [0, 0.05) is 56.4 Å². The van der Waals surface area contributed by atoms with Crippen molar-refractivity contribution in [3.8, 4) is 0 Å². The van der Waals surface area contributed by atoms with Crippen molar-refractivity contribution < 1.29 is 4.79 Å². The van der Waals surface area contributed by atoms with Crippen molar-refractivity contribution in [2.45, 2.75) is 4.90 Å². The number of thiazole rings is 1. The van der Waals surface area contributed by atoms with Crippen molar-refractivity contribution in [2.24, 2.45) is 0 Å². The topological polar surface area (TPSA) is 39.7 Å². The number of benzene rings is 2. The molecular weight excluding hydrogens is 388 g/mol. The van der Waals surface area contributed by atoms with Gasteiger partial charge >= 0.3 is 0 Å². The zero-order valence-corrected chi connectivity index (χ0v) is 18.0. The van der Waals surface area contributed by atoms with E-state index in [1.807, 2.05) is 48.2 Å². The van der Waals surface area contributed by atoms with E-state index in [-0.39, 0.29) is 5.91 Å². The summed E-state index contributed by atoms with van der Waals surface area (Å²) in [5.41, 5.74) is 2.94. The normalized spacial score (nSPS) is 14.5. The Morgan fingerprint density at radius 2 is 1.79 bits per heavy atom. The van der Waals surface area contributed by atoms with Crippen molar-refractivity contribution in [1.29, 1.82) is 0 Å². The molecule has 1 saturated heterocycles. The minimum Gasteiger partial charge on any atom is -0.378 e. The van der Waals surface area contributed by atoms with E-state index < -0.39 is 0 Å². The second-order valence-corrected chi connectivity index (χ2v) is 8.88. The maximum Gasteiger partial charge on any atom is 0.253 e. The molecule has 146 valence electrons. The Morgan fingerprint density at radius 1 is 1.07 bits per heavy atom. The molecule has 1 aromatic heterocycles. The van der Waals surface area contributed by atoms with Crippen LogP contribution in [0.15, 0.2) is 47.4 Å². The molecule has 5 nitrogen and oxygen atoms in total. The van der Waals surface area contributed by atoms with Gasteiger partial charge in [0.05, 0.1) is 10.2 Å². The summed E-state index contributed by atoms with van der Waals surface area (Å²) >= 11 is 3.47. The van der Waals surface area contributed by atoms with Crippen LogP contribution >= 0.6 is 23.1 Å². The minimum absolute atomic E-state index is 0.110. The van der Waals surface area contributed by atoms with Crippen LogP contribution in [-0.4, -0.2) is 62.3 Å². The SMILES string of the molecule is CSc1cccc2sc(N3CCN(C(=O)c4ccc(N(C)C)cc4)CC3)nc12. The first kappa shape index (κ1) is 19.1. The monoisotopic (exact) mass is 412 g/mol. The number of carbonyl (C=O) groups is 1. The third-order valence-corrected chi connectivity index (χ3v) is 6.91. The zero-order valence-electron chi connectivity index (χ0n) is 16.4. The highest BCUT2D eigenvalue weighted by atomic mass is 32.2. The van der Waals surface area contributed by atoms with Crippen LogP contribution in [0.25, 0.3) is 10.2 Å². The predicted octanol–water partition coefficient (Wildman–Crippen LogP) is 4.05. The molecular formula is C21H24N4OS2. The summed E-state index contributed by atoms with van der Waals surface area (Å²) in [7, 11) is 4.00. The van der Waals surface area contributed by atoms with E-state index >= 15 is 0 Å². The van der Waals surface area contributed by atoms with Gasteiger partial charge in [0.2, 0.25) is 0 Å². The highest BCUT2D eigenvalue weighted by molar-refractivity contribution is 7.98. The predicted molar refractivity (Wildman–Crippen MR) is 120 cm³/mol. The molecule has 2 heterocycles. The first-order chi connectivity index (χ1) is 13.6. The number of piperazine rings is 1. The Balaban J connectivity index is 1.43. The molecule has 0 bridgehead atoms. The number of aromatic nitrogens is 1. The van der Waals surface area contributed by atoms with Crippen LogP contribution in [0.1, 0.15) is 10.4 Å². The quantitative estimate of drug-likeness (QED) is 0.605. The molecule has 0 atom stereocenters. The molecule has 7 heteroatoms. The van der Waals surface area contributed by atoms with Gasteiger partial charge in [0.25, 0.3) is 5.91 Å². The number of amides is 1. The Labute approximate surface area is 174 Å².